The highest BCUT2D eigenvalue weighted by molar-refractivity contribution is 5.96. The molecule has 0 saturated carbocycles. The number of nitrogens with zero attached hydrogens (tertiary/aromatic N) is 1. The van der Waals surface area contributed by atoms with E-state index < -0.39 is 0 Å². The van der Waals surface area contributed by atoms with Gasteiger partial charge in [-0.1, -0.05) is 6.07 Å². The molecule has 140 valence electrons. The Hall–Kier alpha value is -2.80. The van der Waals surface area contributed by atoms with E-state index in [2.05, 4.69) is 10.3 Å². The Morgan fingerprint density at radius 3 is 2.58 bits per heavy atom. The first kappa shape index (κ1) is 19.5. The van der Waals surface area contributed by atoms with Gasteiger partial charge in [0.1, 0.15) is 12.2 Å². The summed E-state index contributed by atoms with van der Waals surface area (Å²) in [6.07, 6.45) is 1.58. The van der Waals surface area contributed by atoms with Crippen molar-refractivity contribution < 1.29 is 23.7 Å². The van der Waals surface area contributed by atoms with Gasteiger partial charge in [-0.25, -0.2) is 4.98 Å². The number of methoxy groups -OCH3 is 3. The summed E-state index contributed by atoms with van der Waals surface area (Å²) in [5, 5.41) is 2.95. The van der Waals surface area contributed by atoms with Crippen LogP contribution in [0.25, 0.3) is 0 Å². The number of nitrogens with one attached hydrogen (secondary N) is 1. The summed E-state index contributed by atoms with van der Waals surface area (Å²) in [5.41, 5.74) is 1.26. The van der Waals surface area contributed by atoms with Gasteiger partial charge in [-0.2, -0.15) is 0 Å². The fraction of sp³-hybridized carbons (Fsp3) is 0.368. The van der Waals surface area contributed by atoms with Crippen molar-refractivity contribution in [3.8, 4) is 17.4 Å². The van der Waals surface area contributed by atoms with E-state index in [1.54, 1.807) is 45.7 Å². The van der Waals surface area contributed by atoms with Crippen LogP contribution in [0.2, 0.25) is 0 Å². The quantitative estimate of drug-likeness (QED) is 0.693. The Balaban J connectivity index is 2.12. The van der Waals surface area contributed by atoms with Crippen molar-refractivity contribution in [1.29, 1.82) is 0 Å². The van der Waals surface area contributed by atoms with Gasteiger partial charge >= 0.3 is 0 Å². The van der Waals surface area contributed by atoms with Gasteiger partial charge in [-0.3, -0.25) is 4.79 Å². The molecule has 0 aliphatic rings. The minimum atomic E-state index is -0.271. The highest BCUT2D eigenvalue weighted by Gasteiger charge is 2.17. The Bertz CT molecular complexity index is 736. The molecule has 1 atom stereocenters. The summed E-state index contributed by atoms with van der Waals surface area (Å²) in [4.78, 5) is 16.8. The lowest BCUT2D eigenvalue weighted by molar-refractivity contribution is 0.0930. The molecule has 0 saturated heterocycles. The molecule has 26 heavy (non-hydrogen) atoms. The predicted octanol–water partition coefficient (Wildman–Crippen LogP) is 2.62. The molecule has 7 nitrogen and oxygen atoms in total. The van der Waals surface area contributed by atoms with Crippen LogP contribution in [0.3, 0.4) is 0 Å². The molecule has 0 bridgehead atoms. The number of hydrogen-bond donors (Lipinski definition) is 1. The number of pyridine rings is 1. The van der Waals surface area contributed by atoms with Crippen molar-refractivity contribution in [3.63, 3.8) is 0 Å². The van der Waals surface area contributed by atoms with E-state index in [0.29, 0.717) is 30.3 Å². The minimum Gasteiger partial charge on any atom is -0.493 e. The van der Waals surface area contributed by atoms with E-state index in [1.807, 2.05) is 19.1 Å². The molecule has 0 spiro atoms. The number of amides is 1. The fourth-order valence-corrected chi connectivity index (χ4v) is 2.38. The van der Waals surface area contributed by atoms with Crippen LogP contribution in [0.1, 0.15) is 28.9 Å². The smallest absolute Gasteiger partial charge is 0.257 e. The number of hydrogen-bond acceptors (Lipinski definition) is 6. The summed E-state index contributed by atoms with van der Waals surface area (Å²) >= 11 is 0. The summed E-state index contributed by atoms with van der Waals surface area (Å²) in [6.45, 7) is 2.62. The van der Waals surface area contributed by atoms with Crippen LogP contribution in [0.5, 0.6) is 17.4 Å². The van der Waals surface area contributed by atoms with Gasteiger partial charge in [-0.15, -0.1) is 0 Å². The molecule has 2 rings (SSSR count). The molecular weight excluding hydrogens is 336 g/mol. The minimum absolute atomic E-state index is 0.241. The first-order valence-corrected chi connectivity index (χ1v) is 8.20. The lowest BCUT2D eigenvalue weighted by atomic mass is 10.1. The fourth-order valence-electron chi connectivity index (χ4n) is 2.38. The zero-order valence-corrected chi connectivity index (χ0v) is 15.4. The second-order valence-corrected chi connectivity index (χ2v) is 5.51. The molecule has 1 aromatic carbocycles. The molecule has 0 fully saturated rings. The number of aromatic nitrogens is 1. The van der Waals surface area contributed by atoms with Gasteiger partial charge in [0.15, 0.2) is 11.5 Å². The first-order valence-electron chi connectivity index (χ1n) is 8.20. The largest absolute Gasteiger partial charge is 0.493 e. The second-order valence-electron chi connectivity index (χ2n) is 5.51. The zero-order chi connectivity index (χ0) is 18.9. The predicted molar refractivity (Wildman–Crippen MR) is 97.0 cm³/mol. The summed E-state index contributed by atoms with van der Waals surface area (Å²) in [7, 11) is 4.74. The van der Waals surface area contributed by atoms with Crippen molar-refractivity contribution >= 4 is 5.91 Å². The Labute approximate surface area is 153 Å². The van der Waals surface area contributed by atoms with Crippen LogP contribution < -0.4 is 19.5 Å². The molecule has 0 aliphatic heterocycles. The highest BCUT2D eigenvalue weighted by atomic mass is 16.5. The lowest BCUT2D eigenvalue weighted by Crippen LogP contribution is -2.27. The number of carbonyl (C=O) groups excluding carboxylic acids is 1. The van der Waals surface area contributed by atoms with Gasteiger partial charge in [-0.05, 0) is 36.8 Å². The molecule has 1 N–H and O–H groups in total. The maximum Gasteiger partial charge on any atom is 0.257 e. The SMILES string of the molecule is COCCOc1ncccc1C(=O)NC(C)c1ccc(OC)c(OC)c1. The molecule has 1 heterocycles. The molecule has 1 amide bonds. The third-order valence-electron chi connectivity index (χ3n) is 3.80. The third-order valence-corrected chi connectivity index (χ3v) is 3.80. The monoisotopic (exact) mass is 360 g/mol. The van der Waals surface area contributed by atoms with Crippen molar-refractivity contribution in [1.82, 2.24) is 10.3 Å². The number of rotatable bonds is 9. The zero-order valence-electron chi connectivity index (χ0n) is 15.4. The van der Waals surface area contributed by atoms with Crippen molar-refractivity contribution in [2.24, 2.45) is 0 Å². The van der Waals surface area contributed by atoms with Crippen LogP contribution in [-0.2, 0) is 4.74 Å². The van der Waals surface area contributed by atoms with Gasteiger partial charge in [0.2, 0.25) is 5.88 Å². The van der Waals surface area contributed by atoms with Crippen LogP contribution in [0, 0.1) is 0 Å². The van der Waals surface area contributed by atoms with Gasteiger partial charge in [0, 0.05) is 13.3 Å². The normalized spacial score (nSPS) is 11.5. The molecule has 0 radical (unpaired) electrons. The van der Waals surface area contributed by atoms with E-state index in [1.165, 1.54) is 0 Å². The molecule has 0 aliphatic carbocycles. The molecular formula is C19H24N2O5. The van der Waals surface area contributed by atoms with E-state index in [9.17, 15) is 4.79 Å². The third kappa shape index (κ3) is 4.86. The summed E-state index contributed by atoms with van der Waals surface area (Å²) < 4.78 is 21.0. The Morgan fingerprint density at radius 2 is 1.88 bits per heavy atom. The highest BCUT2D eigenvalue weighted by Crippen LogP contribution is 2.30. The first-order chi connectivity index (χ1) is 12.6. The van der Waals surface area contributed by atoms with E-state index >= 15 is 0 Å². The van der Waals surface area contributed by atoms with Gasteiger partial charge < -0.3 is 24.3 Å². The van der Waals surface area contributed by atoms with E-state index in [4.69, 9.17) is 18.9 Å². The molecule has 7 heteroatoms. The molecule has 1 unspecified atom stereocenters. The van der Waals surface area contributed by atoms with Crippen molar-refractivity contribution in [3.05, 3.63) is 47.7 Å². The average molecular weight is 360 g/mol. The van der Waals surface area contributed by atoms with E-state index in [-0.39, 0.29) is 17.8 Å². The molecule has 1 aromatic heterocycles. The van der Waals surface area contributed by atoms with Gasteiger partial charge in [0.25, 0.3) is 5.91 Å². The summed E-state index contributed by atoms with van der Waals surface area (Å²) in [5.74, 6) is 1.25. The summed E-state index contributed by atoms with van der Waals surface area (Å²) in [6, 6.07) is 8.65. The van der Waals surface area contributed by atoms with Crippen LogP contribution >= 0.6 is 0 Å². The van der Waals surface area contributed by atoms with Gasteiger partial charge in [0.05, 0.1) is 26.9 Å². The van der Waals surface area contributed by atoms with Crippen LogP contribution in [-0.4, -0.2) is 45.4 Å². The Morgan fingerprint density at radius 1 is 1.12 bits per heavy atom. The average Bonchev–Trinajstić information content (AvgIpc) is 2.67. The van der Waals surface area contributed by atoms with Crippen LogP contribution in [0.4, 0.5) is 0 Å². The van der Waals surface area contributed by atoms with Crippen molar-refractivity contribution in [2.45, 2.75) is 13.0 Å². The van der Waals surface area contributed by atoms with Crippen LogP contribution in [0.15, 0.2) is 36.5 Å². The topological polar surface area (TPSA) is 78.9 Å². The number of carbonyl (C=O) groups is 1. The maximum absolute atomic E-state index is 12.6. The number of ether oxygens (including phenoxy) is 4. The standard InChI is InChI=1S/C19H24N2O5/c1-13(14-7-8-16(24-3)17(12-14)25-4)21-18(22)15-6-5-9-20-19(15)26-11-10-23-2/h5-9,12-13H,10-11H2,1-4H3,(H,21,22). The second kappa shape index (κ2) is 9.62. The van der Waals surface area contributed by atoms with E-state index in [0.717, 1.165) is 5.56 Å². The maximum atomic E-state index is 12.6. The molecule has 2 aromatic rings. The Kier molecular flexibility index (Phi) is 7.23. The number of benzene rings is 1. The lowest BCUT2D eigenvalue weighted by Gasteiger charge is -2.17. The van der Waals surface area contributed by atoms with Crippen molar-refractivity contribution in [2.75, 3.05) is 34.5 Å².